The maximum absolute atomic E-state index is 10.7. The molecule has 2 N–H and O–H groups in total. The second kappa shape index (κ2) is 8.27. The van der Waals surface area contributed by atoms with Crippen molar-refractivity contribution in [1.29, 1.82) is 0 Å². The summed E-state index contributed by atoms with van der Waals surface area (Å²) in [4.78, 5) is 14.8. The van der Waals surface area contributed by atoms with E-state index in [1.807, 2.05) is 32.5 Å². The zero-order valence-corrected chi connectivity index (χ0v) is 15.0. The number of aromatic nitrogens is 2. The molecule has 0 fully saturated rings. The summed E-state index contributed by atoms with van der Waals surface area (Å²) in [5.74, 6) is 0.698. The minimum Gasteiger partial charge on any atom is -0.357 e. The smallest absolute Gasteiger partial charge is 0.269 e. The van der Waals surface area contributed by atoms with Gasteiger partial charge in [0.1, 0.15) is 0 Å². The molecule has 2 rings (SSSR count). The van der Waals surface area contributed by atoms with Crippen LogP contribution in [-0.2, 0) is 20.1 Å². The molecule has 0 saturated carbocycles. The number of rotatable bonds is 6. The van der Waals surface area contributed by atoms with Crippen molar-refractivity contribution in [2.24, 2.45) is 12.0 Å². The summed E-state index contributed by atoms with van der Waals surface area (Å²) < 4.78 is 1.87. The van der Waals surface area contributed by atoms with Crippen LogP contribution in [0, 0.1) is 24.0 Å². The Morgan fingerprint density at radius 2 is 1.96 bits per heavy atom. The first-order valence-corrected chi connectivity index (χ1v) is 8.17. The highest BCUT2D eigenvalue weighted by Gasteiger charge is 2.10. The van der Waals surface area contributed by atoms with Crippen molar-refractivity contribution in [1.82, 2.24) is 20.4 Å². The van der Waals surface area contributed by atoms with E-state index >= 15 is 0 Å². The molecule has 0 bridgehead atoms. The first-order chi connectivity index (χ1) is 11.9. The van der Waals surface area contributed by atoms with Gasteiger partial charge in [0, 0.05) is 43.5 Å². The minimum absolute atomic E-state index is 0.0836. The molecule has 0 atom stereocenters. The van der Waals surface area contributed by atoms with Gasteiger partial charge in [-0.1, -0.05) is 12.1 Å². The molecule has 0 aliphatic carbocycles. The number of hydrogen-bond donors (Lipinski definition) is 2. The molecule has 8 nitrogen and oxygen atoms in total. The molecule has 0 saturated heterocycles. The molecule has 0 spiro atoms. The molecule has 2 aromatic rings. The van der Waals surface area contributed by atoms with Crippen molar-refractivity contribution in [3.63, 3.8) is 0 Å². The lowest BCUT2D eigenvalue weighted by atomic mass is 10.2. The Morgan fingerprint density at radius 3 is 2.48 bits per heavy atom. The highest BCUT2D eigenvalue weighted by molar-refractivity contribution is 5.79. The lowest BCUT2D eigenvalue weighted by Crippen LogP contribution is -2.37. The van der Waals surface area contributed by atoms with Crippen LogP contribution < -0.4 is 10.6 Å². The predicted octanol–water partition coefficient (Wildman–Crippen LogP) is 2.20. The number of nitro benzene ring substituents is 1. The molecule has 0 aliphatic heterocycles. The summed E-state index contributed by atoms with van der Waals surface area (Å²) in [6, 6.07) is 6.43. The van der Waals surface area contributed by atoms with Gasteiger partial charge in [-0.3, -0.25) is 14.8 Å². The van der Waals surface area contributed by atoms with E-state index in [1.54, 1.807) is 12.1 Å². The Labute approximate surface area is 147 Å². The summed E-state index contributed by atoms with van der Waals surface area (Å²) >= 11 is 0. The van der Waals surface area contributed by atoms with E-state index in [-0.39, 0.29) is 5.69 Å². The lowest BCUT2D eigenvalue weighted by molar-refractivity contribution is -0.384. The number of nitrogens with one attached hydrogen (secondary N) is 2. The molecular formula is C17H24N6O2. The van der Waals surface area contributed by atoms with Crippen molar-refractivity contribution in [2.45, 2.75) is 33.9 Å². The van der Waals surface area contributed by atoms with Crippen LogP contribution in [-0.4, -0.2) is 27.2 Å². The topological polar surface area (TPSA) is 97.4 Å². The van der Waals surface area contributed by atoms with Crippen LogP contribution in [0.15, 0.2) is 29.3 Å². The number of aliphatic imine (C=N–C) groups is 1. The summed E-state index contributed by atoms with van der Waals surface area (Å²) in [6.07, 6.45) is 0. The second-order valence-corrected chi connectivity index (χ2v) is 5.75. The van der Waals surface area contributed by atoms with Crippen LogP contribution in [0.1, 0.15) is 29.4 Å². The number of aryl methyl sites for hydroxylation is 2. The highest BCUT2D eigenvalue weighted by atomic mass is 16.6. The third kappa shape index (κ3) is 4.79. The second-order valence-electron chi connectivity index (χ2n) is 5.75. The van der Waals surface area contributed by atoms with Crippen molar-refractivity contribution in [3.05, 3.63) is 56.9 Å². The van der Waals surface area contributed by atoms with Gasteiger partial charge in [0.25, 0.3) is 5.69 Å². The van der Waals surface area contributed by atoms with Crippen molar-refractivity contribution in [3.8, 4) is 0 Å². The summed E-state index contributed by atoms with van der Waals surface area (Å²) in [6.45, 7) is 7.86. The van der Waals surface area contributed by atoms with Crippen LogP contribution in [0.4, 0.5) is 5.69 Å². The van der Waals surface area contributed by atoms with Crippen LogP contribution in [0.2, 0.25) is 0 Å². The van der Waals surface area contributed by atoms with Crippen LogP contribution >= 0.6 is 0 Å². The number of nitro groups is 1. The fourth-order valence-electron chi connectivity index (χ4n) is 2.48. The van der Waals surface area contributed by atoms with Crippen molar-refractivity contribution < 1.29 is 4.92 Å². The summed E-state index contributed by atoms with van der Waals surface area (Å²) in [5.41, 5.74) is 4.27. The largest absolute Gasteiger partial charge is 0.357 e. The van der Waals surface area contributed by atoms with Gasteiger partial charge < -0.3 is 10.6 Å². The van der Waals surface area contributed by atoms with Crippen LogP contribution in [0.5, 0.6) is 0 Å². The normalized spacial score (nSPS) is 11.4. The Hall–Kier alpha value is -2.90. The van der Waals surface area contributed by atoms with E-state index in [0.717, 1.165) is 29.1 Å². The first-order valence-electron chi connectivity index (χ1n) is 8.17. The molecule has 1 aromatic carbocycles. The number of hydrogen-bond acceptors (Lipinski definition) is 4. The summed E-state index contributed by atoms with van der Waals surface area (Å²) in [7, 11) is 1.93. The number of nitrogens with zero attached hydrogens (tertiary/aromatic N) is 4. The molecule has 0 unspecified atom stereocenters. The first kappa shape index (κ1) is 18.4. The van der Waals surface area contributed by atoms with Gasteiger partial charge >= 0.3 is 0 Å². The van der Waals surface area contributed by atoms with E-state index < -0.39 is 4.92 Å². The predicted molar refractivity (Wildman–Crippen MR) is 97.4 cm³/mol. The SMILES string of the molecule is CCNC(=NCc1ccc([N+](=O)[O-])cc1)NCc1c(C)nn(C)c1C. The van der Waals surface area contributed by atoms with Crippen LogP contribution in [0.25, 0.3) is 0 Å². The Morgan fingerprint density at radius 1 is 1.28 bits per heavy atom. The lowest BCUT2D eigenvalue weighted by Gasteiger charge is -2.11. The maximum Gasteiger partial charge on any atom is 0.269 e. The third-order valence-corrected chi connectivity index (χ3v) is 4.00. The van der Waals surface area contributed by atoms with Gasteiger partial charge in [0.15, 0.2) is 5.96 Å². The van der Waals surface area contributed by atoms with Gasteiger partial charge in [0.2, 0.25) is 0 Å². The van der Waals surface area contributed by atoms with E-state index in [9.17, 15) is 10.1 Å². The zero-order chi connectivity index (χ0) is 18.4. The third-order valence-electron chi connectivity index (χ3n) is 4.00. The highest BCUT2D eigenvalue weighted by Crippen LogP contribution is 2.13. The van der Waals surface area contributed by atoms with Crippen molar-refractivity contribution in [2.75, 3.05) is 6.54 Å². The molecule has 8 heteroatoms. The van der Waals surface area contributed by atoms with E-state index in [2.05, 4.69) is 20.7 Å². The zero-order valence-electron chi connectivity index (χ0n) is 15.0. The fraction of sp³-hybridized carbons (Fsp3) is 0.412. The average Bonchev–Trinajstić information content (AvgIpc) is 2.83. The molecule has 25 heavy (non-hydrogen) atoms. The quantitative estimate of drug-likeness (QED) is 0.362. The molecule has 0 radical (unpaired) electrons. The van der Waals surface area contributed by atoms with E-state index in [0.29, 0.717) is 19.0 Å². The van der Waals surface area contributed by atoms with Crippen molar-refractivity contribution >= 4 is 11.6 Å². The molecule has 1 heterocycles. The molecule has 1 aromatic heterocycles. The number of non-ortho nitro benzene ring substituents is 1. The molecule has 134 valence electrons. The minimum atomic E-state index is -0.406. The molecule has 0 aliphatic rings. The standard InChI is InChI=1S/C17H24N6O2/c1-5-18-17(20-11-16-12(2)21-22(4)13(16)3)19-10-14-6-8-15(9-7-14)23(24)25/h6-9H,5,10-11H2,1-4H3,(H2,18,19,20). The number of guanidine groups is 1. The Balaban J connectivity index is 2.03. The van der Waals surface area contributed by atoms with Gasteiger partial charge in [-0.15, -0.1) is 0 Å². The Kier molecular flexibility index (Phi) is 6.10. The summed E-state index contributed by atoms with van der Waals surface area (Å²) in [5, 5.41) is 21.6. The van der Waals surface area contributed by atoms with E-state index in [4.69, 9.17) is 0 Å². The number of benzene rings is 1. The fourth-order valence-corrected chi connectivity index (χ4v) is 2.48. The van der Waals surface area contributed by atoms with Gasteiger partial charge in [-0.05, 0) is 26.3 Å². The molecule has 0 amide bonds. The van der Waals surface area contributed by atoms with Crippen LogP contribution in [0.3, 0.4) is 0 Å². The van der Waals surface area contributed by atoms with Gasteiger partial charge in [-0.2, -0.15) is 5.10 Å². The van der Waals surface area contributed by atoms with Gasteiger partial charge in [0.05, 0.1) is 17.2 Å². The molecular weight excluding hydrogens is 320 g/mol. The Bertz CT molecular complexity index is 764. The van der Waals surface area contributed by atoms with E-state index in [1.165, 1.54) is 12.1 Å². The average molecular weight is 344 g/mol. The van der Waals surface area contributed by atoms with Gasteiger partial charge in [-0.25, -0.2) is 4.99 Å². The maximum atomic E-state index is 10.7. The monoisotopic (exact) mass is 344 g/mol.